The molecule has 0 aromatic heterocycles. The molecule has 0 saturated heterocycles. The summed E-state index contributed by atoms with van der Waals surface area (Å²) in [6.07, 6.45) is 1.25. The fourth-order valence-corrected chi connectivity index (χ4v) is 2.95. The number of rotatable bonds is 7. The minimum Gasteiger partial charge on any atom is -0.295 e. The number of Topliss-reactive ketones (excluding diaryl/α,β-unsaturated/α-hetero) is 1. The van der Waals surface area contributed by atoms with Crippen LogP contribution in [-0.2, 0) is 0 Å². The smallest absolute Gasteiger partial charge is 0.159 e. The van der Waals surface area contributed by atoms with Crippen LogP contribution in [0.2, 0.25) is 0 Å². The van der Waals surface area contributed by atoms with Gasteiger partial charge >= 0.3 is 0 Å². The van der Waals surface area contributed by atoms with Crippen molar-refractivity contribution >= 4 is 29.3 Å². The molecule has 1 rings (SSSR count). The van der Waals surface area contributed by atoms with E-state index in [-0.39, 0.29) is 5.78 Å². The zero-order chi connectivity index (χ0) is 11.8. The predicted molar refractivity (Wildman–Crippen MR) is 74.8 cm³/mol. The van der Waals surface area contributed by atoms with Gasteiger partial charge in [-0.15, -0.1) is 11.8 Å². The van der Waals surface area contributed by atoms with E-state index in [0.717, 1.165) is 11.3 Å². The van der Waals surface area contributed by atoms with Crippen molar-refractivity contribution in [3.05, 3.63) is 29.8 Å². The summed E-state index contributed by atoms with van der Waals surface area (Å²) < 4.78 is 0. The lowest BCUT2D eigenvalue weighted by Crippen LogP contribution is -1.90. The number of benzene rings is 1. The molecule has 0 saturated carbocycles. The fraction of sp³-hybridized carbons (Fsp3) is 0.462. The Hall–Kier alpha value is -0.410. The lowest BCUT2D eigenvalue weighted by atomic mass is 10.2. The van der Waals surface area contributed by atoms with Crippen molar-refractivity contribution in [2.45, 2.75) is 25.2 Å². The second kappa shape index (κ2) is 7.80. The van der Waals surface area contributed by atoms with Crippen LogP contribution in [0.3, 0.4) is 0 Å². The number of hydrogen-bond donors (Lipinski definition) is 0. The number of thioether (sulfide) groups is 2. The van der Waals surface area contributed by atoms with Crippen LogP contribution in [0.4, 0.5) is 0 Å². The molecule has 0 aliphatic rings. The Bertz CT molecular complexity index is 319. The van der Waals surface area contributed by atoms with Crippen LogP contribution < -0.4 is 0 Å². The Morgan fingerprint density at radius 3 is 2.44 bits per heavy atom. The van der Waals surface area contributed by atoms with Crippen LogP contribution in [0.5, 0.6) is 0 Å². The molecule has 0 aliphatic carbocycles. The van der Waals surface area contributed by atoms with Gasteiger partial charge in [0.15, 0.2) is 5.78 Å². The fourth-order valence-electron chi connectivity index (χ4n) is 1.28. The molecule has 0 radical (unpaired) electrons. The topological polar surface area (TPSA) is 17.1 Å². The third kappa shape index (κ3) is 5.08. The molecule has 0 amide bonds. The molecule has 0 spiro atoms. The van der Waals surface area contributed by atoms with Gasteiger partial charge in [-0.05, 0) is 42.7 Å². The molecule has 3 heteroatoms. The number of hydrogen-bond acceptors (Lipinski definition) is 3. The average Bonchev–Trinajstić information content (AvgIpc) is 2.29. The Labute approximate surface area is 106 Å². The molecule has 0 N–H and O–H groups in total. The van der Waals surface area contributed by atoms with E-state index in [1.807, 2.05) is 47.8 Å². The summed E-state index contributed by atoms with van der Waals surface area (Å²) in [6, 6.07) is 7.89. The number of ketones is 1. The maximum absolute atomic E-state index is 11.1. The van der Waals surface area contributed by atoms with Crippen molar-refractivity contribution in [3.63, 3.8) is 0 Å². The highest BCUT2D eigenvalue weighted by molar-refractivity contribution is 8.00. The van der Waals surface area contributed by atoms with E-state index in [0.29, 0.717) is 0 Å². The van der Waals surface area contributed by atoms with Gasteiger partial charge in [0.1, 0.15) is 0 Å². The highest BCUT2D eigenvalue weighted by Crippen LogP contribution is 2.20. The molecule has 1 aromatic rings. The van der Waals surface area contributed by atoms with Crippen molar-refractivity contribution in [1.82, 2.24) is 0 Å². The third-order valence-electron chi connectivity index (χ3n) is 2.17. The van der Waals surface area contributed by atoms with Crippen molar-refractivity contribution in [1.29, 1.82) is 0 Å². The molecular formula is C13H18OS2. The standard InChI is InChI=1S/C13H18OS2/c1-3-15-9-4-10-16-13-7-5-12(6-8-13)11(2)14/h5-8H,3-4,9-10H2,1-2H3. The minimum absolute atomic E-state index is 0.135. The Kier molecular flexibility index (Phi) is 6.65. The molecule has 0 atom stereocenters. The van der Waals surface area contributed by atoms with Crippen LogP contribution in [0.15, 0.2) is 29.2 Å². The first-order valence-electron chi connectivity index (χ1n) is 5.55. The Morgan fingerprint density at radius 2 is 1.88 bits per heavy atom. The highest BCUT2D eigenvalue weighted by Gasteiger charge is 1.99. The second-order valence-electron chi connectivity index (χ2n) is 3.48. The van der Waals surface area contributed by atoms with Gasteiger partial charge in [-0.2, -0.15) is 11.8 Å². The zero-order valence-corrected chi connectivity index (χ0v) is 11.5. The summed E-state index contributed by atoms with van der Waals surface area (Å²) >= 11 is 3.86. The zero-order valence-electron chi connectivity index (χ0n) is 9.86. The van der Waals surface area contributed by atoms with Gasteiger partial charge in [0, 0.05) is 10.5 Å². The van der Waals surface area contributed by atoms with E-state index in [4.69, 9.17) is 0 Å². The van der Waals surface area contributed by atoms with E-state index in [1.54, 1.807) is 6.92 Å². The van der Waals surface area contributed by atoms with Crippen molar-refractivity contribution in [2.75, 3.05) is 17.3 Å². The van der Waals surface area contributed by atoms with Gasteiger partial charge in [0.2, 0.25) is 0 Å². The third-order valence-corrected chi connectivity index (χ3v) is 4.25. The molecular weight excluding hydrogens is 236 g/mol. The first-order valence-corrected chi connectivity index (χ1v) is 7.69. The Balaban J connectivity index is 2.29. The lowest BCUT2D eigenvalue weighted by Gasteiger charge is -2.02. The highest BCUT2D eigenvalue weighted by atomic mass is 32.2. The molecule has 0 fully saturated rings. The summed E-state index contributed by atoms with van der Waals surface area (Å²) in [5, 5.41) is 0. The first-order chi connectivity index (χ1) is 7.74. The van der Waals surface area contributed by atoms with E-state index in [9.17, 15) is 4.79 Å². The lowest BCUT2D eigenvalue weighted by molar-refractivity contribution is 0.101. The van der Waals surface area contributed by atoms with E-state index < -0.39 is 0 Å². The molecule has 1 aromatic carbocycles. The van der Waals surface area contributed by atoms with Gasteiger partial charge in [0.05, 0.1) is 0 Å². The summed E-state index contributed by atoms with van der Waals surface area (Å²) in [5.41, 5.74) is 0.797. The maximum atomic E-state index is 11.1. The van der Waals surface area contributed by atoms with Gasteiger partial charge in [-0.25, -0.2) is 0 Å². The quantitative estimate of drug-likeness (QED) is 0.414. The first kappa shape index (κ1) is 13.7. The van der Waals surface area contributed by atoms with Crippen molar-refractivity contribution < 1.29 is 4.79 Å². The Morgan fingerprint density at radius 1 is 1.19 bits per heavy atom. The predicted octanol–water partition coefficient (Wildman–Crippen LogP) is 4.12. The minimum atomic E-state index is 0.135. The van der Waals surface area contributed by atoms with Crippen LogP contribution in [-0.4, -0.2) is 23.0 Å². The van der Waals surface area contributed by atoms with Crippen LogP contribution >= 0.6 is 23.5 Å². The number of carbonyl (C=O) groups is 1. The molecule has 0 unspecified atom stereocenters. The van der Waals surface area contributed by atoms with Crippen molar-refractivity contribution in [3.8, 4) is 0 Å². The van der Waals surface area contributed by atoms with Crippen LogP contribution in [0, 0.1) is 0 Å². The largest absolute Gasteiger partial charge is 0.295 e. The van der Waals surface area contributed by atoms with E-state index >= 15 is 0 Å². The molecule has 1 nitrogen and oxygen atoms in total. The van der Waals surface area contributed by atoms with Crippen LogP contribution in [0.25, 0.3) is 0 Å². The SMILES string of the molecule is CCSCCCSc1ccc(C(C)=O)cc1. The van der Waals surface area contributed by atoms with Crippen LogP contribution in [0.1, 0.15) is 30.6 Å². The van der Waals surface area contributed by atoms with E-state index in [1.165, 1.54) is 22.8 Å². The summed E-state index contributed by atoms with van der Waals surface area (Å²) in [4.78, 5) is 12.3. The summed E-state index contributed by atoms with van der Waals surface area (Å²) in [6.45, 7) is 3.79. The summed E-state index contributed by atoms with van der Waals surface area (Å²) in [7, 11) is 0. The molecule has 88 valence electrons. The van der Waals surface area contributed by atoms with Crippen molar-refractivity contribution in [2.24, 2.45) is 0 Å². The molecule has 16 heavy (non-hydrogen) atoms. The molecule has 0 heterocycles. The molecule has 0 bridgehead atoms. The van der Waals surface area contributed by atoms with Gasteiger partial charge in [0.25, 0.3) is 0 Å². The maximum Gasteiger partial charge on any atom is 0.159 e. The average molecular weight is 254 g/mol. The normalized spacial score (nSPS) is 10.4. The van der Waals surface area contributed by atoms with Gasteiger partial charge in [-0.1, -0.05) is 19.1 Å². The van der Waals surface area contributed by atoms with E-state index in [2.05, 4.69) is 6.92 Å². The monoisotopic (exact) mass is 254 g/mol. The van der Waals surface area contributed by atoms with Gasteiger partial charge in [-0.3, -0.25) is 4.79 Å². The number of carbonyl (C=O) groups excluding carboxylic acids is 1. The second-order valence-corrected chi connectivity index (χ2v) is 6.04. The van der Waals surface area contributed by atoms with Gasteiger partial charge < -0.3 is 0 Å². The summed E-state index contributed by atoms with van der Waals surface area (Å²) in [5.74, 6) is 3.75. The molecule has 0 aliphatic heterocycles.